The van der Waals surface area contributed by atoms with Crippen LogP contribution in [0.15, 0.2) is 52.7 Å². The Hall–Kier alpha value is -2.91. The van der Waals surface area contributed by atoms with Crippen LogP contribution in [0, 0.1) is 6.92 Å². The quantitative estimate of drug-likeness (QED) is 0.588. The minimum absolute atomic E-state index is 0.0547. The number of sulfonamides is 1. The van der Waals surface area contributed by atoms with Gasteiger partial charge in [-0.1, -0.05) is 6.07 Å². The van der Waals surface area contributed by atoms with Gasteiger partial charge in [0.15, 0.2) is 5.13 Å². The number of hydrogen-bond donors (Lipinski definition) is 3. The summed E-state index contributed by atoms with van der Waals surface area (Å²) in [5.74, 6) is -0.0547. The van der Waals surface area contributed by atoms with Crippen molar-refractivity contribution in [3.8, 4) is 0 Å². The number of carbonyl (C=O) groups is 1. The van der Waals surface area contributed by atoms with E-state index >= 15 is 0 Å². The van der Waals surface area contributed by atoms with Gasteiger partial charge >= 0.3 is 0 Å². The second-order valence-corrected chi connectivity index (χ2v) is 9.01. The molecule has 1 aromatic heterocycles. The van der Waals surface area contributed by atoms with E-state index in [1.807, 2.05) is 18.4 Å². The molecule has 3 aromatic rings. The molecule has 2 heterocycles. The van der Waals surface area contributed by atoms with Gasteiger partial charge in [-0.05, 0) is 55.3 Å². The summed E-state index contributed by atoms with van der Waals surface area (Å²) in [6.45, 7) is 1.91. The van der Waals surface area contributed by atoms with Crippen LogP contribution in [0.3, 0.4) is 0 Å². The van der Waals surface area contributed by atoms with E-state index < -0.39 is 10.0 Å². The van der Waals surface area contributed by atoms with Crippen molar-refractivity contribution in [3.63, 3.8) is 0 Å². The van der Waals surface area contributed by atoms with Crippen LogP contribution >= 0.6 is 11.3 Å². The molecule has 0 atom stereocenters. The van der Waals surface area contributed by atoms with Crippen LogP contribution < -0.4 is 15.4 Å². The zero-order chi connectivity index (χ0) is 19.7. The van der Waals surface area contributed by atoms with Gasteiger partial charge < -0.3 is 10.6 Å². The van der Waals surface area contributed by atoms with Crippen LogP contribution in [-0.4, -0.2) is 19.3 Å². The Morgan fingerprint density at radius 2 is 1.93 bits per heavy atom. The summed E-state index contributed by atoms with van der Waals surface area (Å²) in [5.41, 5.74) is 3.59. The zero-order valence-electron chi connectivity index (χ0n) is 15.0. The van der Waals surface area contributed by atoms with Crippen LogP contribution in [0.5, 0.6) is 0 Å². The summed E-state index contributed by atoms with van der Waals surface area (Å²) < 4.78 is 28.2. The Bertz CT molecular complexity index is 1160. The normalized spacial score (nSPS) is 13.5. The maximum absolute atomic E-state index is 12.8. The minimum Gasteiger partial charge on any atom is -0.331 e. The average molecular weight is 415 g/mol. The first-order valence-electron chi connectivity index (χ1n) is 8.64. The van der Waals surface area contributed by atoms with E-state index in [9.17, 15) is 13.2 Å². The molecular formula is C19H18N4O3S2. The topological polar surface area (TPSA) is 100 Å². The lowest BCUT2D eigenvalue weighted by atomic mass is 10.0. The first-order valence-corrected chi connectivity index (χ1v) is 11.0. The summed E-state index contributed by atoms with van der Waals surface area (Å²) >= 11 is 1.48. The number of anilines is 4. The fourth-order valence-electron chi connectivity index (χ4n) is 2.94. The Morgan fingerprint density at radius 3 is 2.71 bits per heavy atom. The summed E-state index contributed by atoms with van der Waals surface area (Å²) in [7, 11) is -3.75. The van der Waals surface area contributed by atoms with Crippen LogP contribution in [0.25, 0.3) is 0 Å². The molecule has 3 N–H and O–H groups in total. The number of thiazole rings is 1. The second-order valence-electron chi connectivity index (χ2n) is 6.47. The molecule has 4 rings (SSSR count). The lowest BCUT2D eigenvalue weighted by Crippen LogP contribution is -2.20. The molecule has 0 saturated carbocycles. The molecule has 9 heteroatoms. The Labute approximate surface area is 166 Å². The fraction of sp³-hybridized carbons (Fsp3) is 0.158. The summed E-state index contributed by atoms with van der Waals surface area (Å²) in [5, 5.41) is 8.60. The molecule has 1 amide bonds. The largest absolute Gasteiger partial charge is 0.331 e. The number of fused-ring (bicyclic) bond motifs is 1. The molecule has 2 aromatic carbocycles. The number of nitrogens with zero attached hydrogens (tertiary/aromatic N) is 1. The van der Waals surface area contributed by atoms with Gasteiger partial charge in [0.05, 0.1) is 16.3 Å². The van der Waals surface area contributed by atoms with Gasteiger partial charge in [0, 0.05) is 23.2 Å². The van der Waals surface area contributed by atoms with E-state index in [-0.39, 0.29) is 10.8 Å². The number of benzene rings is 2. The van der Waals surface area contributed by atoms with Crippen molar-refractivity contribution in [2.75, 3.05) is 15.4 Å². The van der Waals surface area contributed by atoms with Gasteiger partial charge in [-0.3, -0.25) is 9.52 Å². The molecule has 1 aliphatic rings. The highest BCUT2D eigenvalue weighted by Crippen LogP contribution is 2.28. The van der Waals surface area contributed by atoms with E-state index in [4.69, 9.17) is 0 Å². The number of aromatic nitrogens is 1. The summed E-state index contributed by atoms with van der Waals surface area (Å²) in [6.07, 6.45) is 0.880. The maximum atomic E-state index is 12.8. The molecule has 7 nitrogen and oxygen atoms in total. The Morgan fingerprint density at radius 1 is 1.11 bits per heavy atom. The van der Waals surface area contributed by atoms with Crippen molar-refractivity contribution in [3.05, 3.63) is 59.1 Å². The fourth-order valence-corrected chi connectivity index (χ4v) is 4.74. The molecule has 0 spiro atoms. The molecule has 0 unspecified atom stereocenters. The standard InChI is InChI=1S/C19H18N4O3S2/c1-12-11-27-19(20-12)21-14-3-2-4-15(10-14)23-28(25,26)16-6-7-17-13(9-16)5-8-18(24)22-17/h2-4,6-7,9-11,23H,5,8H2,1H3,(H,20,21)(H,22,24). The Kier molecular flexibility index (Phi) is 4.78. The summed E-state index contributed by atoms with van der Waals surface area (Å²) in [6, 6.07) is 11.7. The van der Waals surface area contributed by atoms with Gasteiger partial charge in [-0.15, -0.1) is 11.3 Å². The first kappa shape index (κ1) is 18.5. The SMILES string of the molecule is Cc1csc(Nc2cccc(NS(=O)(=O)c3ccc4c(c3)CCC(=O)N4)c2)n1. The van der Waals surface area contributed by atoms with Crippen LogP contribution in [0.2, 0.25) is 0 Å². The van der Waals surface area contributed by atoms with Crippen LogP contribution in [0.1, 0.15) is 17.7 Å². The Balaban J connectivity index is 1.55. The number of rotatable bonds is 5. The van der Waals surface area contributed by atoms with Crippen molar-refractivity contribution in [1.29, 1.82) is 0 Å². The second kappa shape index (κ2) is 7.25. The third-order valence-corrected chi connectivity index (χ3v) is 6.52. The number of hydrogen-bond acceptors (Lipinski definition) is 6. The van der Waals surface area contributed by atoms with Crippen molar-refractivity contribution < 1.29 is 13.2 Å². The monoisotopic (exact) mass is 414 g/mol. The average Bonchev–Trinajstić information content (AvgIpc) is 3.06. The highest BCUT2D eigenvalue weighted by atomic mass is 32.2. The number of aryl methyl sites for hydroxylation is 2. The maximum Gasteiger partial charge on any atom is 0.261 e. The highest BCUT2D eigenvalue weighted by Gasteiger charge is 2.20. The van der Waals surface area contributed by atoms with Gasteiger partial charge in [-0.25, -0.2) is 13.4 Å². The van der Waals surface area contributed by atoms with Gasteiger partial charge in [0.25, 0.3) is 10.0 Å². The van der Waals surface area contributed by atoms with Crippen molar-refractivity contribution in [2.45, 2.75) is 24.7 Å². The van der Waals surface area contributed by atoms with Crippen molar-refractivity contribution in [1.82, 2.24) is 4.98 Å². The molecule has 144 valence electrons. The third kappa shape index (κ3) is 4.00. The molecule has 0 radical (unpaired) electrons. The number of carbonyl (C=O) groups excluding carboxylic acids is 1. The van der Waals surface area contributed by atoms with E-state index in [1.165, 1.54) is 17.4 Å². The van der Waals surface area contributed by atoms with Crippen LogP contribution in [0.4, 0.5) is 22.2 Å². The zero-order valence-corrected chi connectivity index (χ0v) is 16.7. The number of nitrogens with one attached hydrogen (secondary N) is 3. The predicted molar refractivity (Wildman–Crippen MR) is 111 cm³/mol. The highest BCUT2D eigenvalue weighted by molar-refractivity contribution is 7.92. The van der Waals surface area contributed by atoms with Gasteiger partial charge in [0.1, 0.15) is 0 Å². The number of amides is 1. The van der Waals surface area contributed by atoms with Gasteiger partial charge in [-0.2, -0.15) is 0 Å². The minimum atomic E-state index is -3.75. The first-order chi connectivity index (χ1) is 13.4. The smallest absolute Gasteiger partial charge is 0.261 e. The molecule has 0 fully saturated rings. The lowest BCUT2D eigenvalue weighted by molar-refractivity contribution is -0.116. The summed E-state index contributed by atoms with van der Waals surface area (Å²) in [4.78, 5) is 16.0. The molecule has 28 heavy (non-hydrogen) atoms. The van der Waals surface area contributed by atoms with E-state index in [0.29, 0.717) is 24.2 Å². The van der Waals surface area contributed by atoms with E-state index in [2.05, 4.69) is 20.3 Å². The van der Waals surface area contributed by atoms with E-state index in [0.717, 1.165) is 22.1 Å². The predicted octanol–water partition coefficient (Wildman–Crippen LogP) is 3.88. The lowest BCUT2D eigenvalue weighted by Gasteiger charge is -2.18. The third-order valence-electron chi connectivity index (χ3n) is 4.27. The molecule has 1 aliphatic heterocycles. The molecule has 0 aliphatic carbocycles. The van der Waals surface area contributed by atoms with Crippen molar-refractivity contribution in [2.24, 2.45) is 0 Å². The van der Waals surface area contributed by atoms with Gasteiger partial charge in [0.2, 0.25) is 5.91 Å². The molecule has 0 saturated heterocycles. The van der Waals surface area contributed by atoms with Crippen LogP contribution in [-0.2, 0) is 21.2 Å². The molecular weight excluding hydrogens is 396 g/mol. The van der Waals surface area contributed by atoms with E-state index in [1.54, 1.807) is 30.3 Å². The molecule has 0 bridgehead atoms. The van der Waals surface area contributed by atoms with Crippen molar-refractivity contribution >= 4 is 49.5 Å².